The Hall–Kier alpha value is -0.720. The van der Waals surface area contributed by atoms with Gasteiger partial charge < -0.3 is 5.11 Å². The highest BCUT2D eigenvalue weighted by Gasteiger charge is 2.17. The molecule has 1 N–H and O–H groups in total. The van der Waals surface area contributed by atoms with Gasteiger partial charge in [-0.05, 0) is 22.9 Å². The molecule has 2 rings (SSSR count). The summed E-state index contributed by atoms with van der Waals surface area (Å²) in [5.41, 5.74) is 1.92. The highest BCUT2D eigenvalue weighted by Crippen LogP contribution is 2.26. The van der Waals surface area contributed by atoms with Crippen molar-refractivity contribution in [1.29, 1.82) is 0 Å². The van der Waals surface area contributed by atoms with Crippen LogP contribution in [-0.2, 0) is 13.5 Å². The van der Waals surface area contributed by atoms with Crippen molar-refractivity contribution in [2.24, 2.45) is 7.05 Å². The molecule has 0 amide bonds. The molecule has 1 unspecified atom stereocenters. The minimum atomic E-state index is -0.564. The van der Waals surface area contributed by atoms with Crippen molar-refractivity contribution in [1.82, 2.24) is 14.8 Å². The lowest BCUT2D eigenvalue weighted by atomic mass is 10.2. The Morgan fingerprint density at radius 2 is 2.38 bits per heavy atom. The number of aromatic nitrogens is 3. The Bertz CT molecular complexity index is 480. The summed E-state index contributed by atoms with van der Waals surface area (Å²) in [6, 6.07) is 0. The third kappa shape index (κ3) is 2.18. The molecule has 2 heterocycles. The molecule has 0 spiro atoms. The van der Waals surface area contributed by atoms with E-state index in [9.17, 15) is 5.11 Å². The Morgan fingerprint density at radius 1 is 1.62 bits per heavy atom. The largest absolute Gasteiger partial charge is 0.386 e. The van der Waals surface area contributed by atoms with Gasteiger partial charge in [-0.3, -0.25) is 4.68 Å². The number of aryl methyl sites for hydroxylation is 2. The fourth-order valence-electron chi connectivity index (χ4n) is 1.57. The molecule has 0 aliphatic rings. The molecule has 0 aromatic carbocycles. The van der Waals surface area contributed by atoms with E-state index in [0.717, 1.165) is 20.9 Å². The molecular weight excluding hydrogens is 290 g/mol. The van der Waals surface area contributed by atoms with Crippen LogP contribution in [0.1, 0.15) is 22.5 Å². The standard InChI is InChI=1S/C10H12BrN3OS/c1-6-9(11)7(14(2)13-6)5-8(15)10-12-3-4-16-10/h3-4,8,15H,5H2,1-2H3. The van der Waals surface area contributed by atoms with E-state index in [1.165, 1.54) is 11.3 Å². The third-order valence-corrected chi connectivity index (χ3v) is 4.29. The van der Waals surface area contributed by atoms with Gasteiger partial charge in [0.25, 0.3) is 0 Å². The second kappa shape index (κ2) is 4.65. The molecule has 0 aliphatic carbocycles. The Morgan fingerprint density at radius 3 is 2.88 bits per heavy atom. The first kappa shape index (κ1) is 11.8. The zero-order valence-corrected chi connectivity index (χ0v) is 11.4. The summed E-state index contributed by atoms with van der Waals surface area (Å²) in [4.78, 5) is 4.10. The maximum atomic E-state index is 10.0. The zero-order chi connectivity index (χ0) is 11.7. The number of halogens is 1. The van der Waals surface area contributed by atoms with Gasteiger partial charge >= 0.3 is 0 Å². The second-order valence-corrected chi connectivity index (χ2v) is 5.28. The number of aliphatic hydroxyl groups is 1. The van der Waals surface area contributed by atoms with E-state index in [2.05, 4.69) is 26.0 Å². The van der Waals surface area contributed by atoms with Crippen LogP contribution in [0.25, 0.3) is 0 Å². The number of hydrogen-bond donors (Lipinski definition) is 1. The monoisotopic (exact) mass is 301 g/mol. The molecule has 4 nitrogen and oxygen atoms in total. The number of nitrogens with zero attached hydrogens (tertiary/aromatic N) is 3. The lowest BCUT2D eigenvalue weighted by Crippen LogP contribution is -2.06. The molecule has 16 heavy (non-hydrogen) atoms. The average molecular weight is 302 g/mol. The Labute approximate surface area is 106 Å². The molecule has 0 saturated heterocycles. The van der Waals surface area contributed by atoms with E-state index >= 15 is 0 Å². The third-order valence-electron chi connectivity index (χ3n) is 2.38. The number of aliphatic hydroxyl groups excluding tert-OH is 1. The van der Waals surface area contributed by atoms with Crippen molar-refractivity contribution in [2.75, 3.05) is 0 Å². The molecule has 2 aromatic rings. The van der Waals surface area contributed by atoms with Crippen molar-refractivity contribution in [2.45, 2.75) is 19.4 Å². The van der Waals surface area contributed by atoms with Crippen molar-refractivity contribution < 1.29 is 5.11 Å². The van der Waals surface area contributed by atoms with Gasteiger partial charge in [0.15, 0.2) is 0 Å². The van der Waals surface area contributed by atoms with Gasteiger partial charge in [-0.15, -0.1) is 11.3 Å². The highest BCUT2D eigenvalue weighted by molar-refractivity contribution is 9.10. The summed E-state index contributed by atoms with van der Waals surface area (Å²) < 4.78 is 2.75. The Kier molecular flexibility index (Phi) is 3.41. The summed E-state index contributed by atoms with van der Waals surface area (Å²) in [6.45, 7) is 1.93. The quantitative estimate of drug-likeness (QED) is 0.946. The molecule has 0 aliphatic heterocycles. The van der Waals surface area contributed by atoms with Crippen molar-refractivity contribution >= 4 is 27.3 Å². The first-order valence-corrected chi connectivity index (χ1v) is 6.52. The number of hydrogen-bond acceptors (Lipinski definition) is 4. The first-order valence-electron chi connectivity index (χ1n) is 4.85. The van der Waals surface area contributed by atoms with E-state index in [-0.39, 0.29) is 0 Å². The number of thiazole rings is 1. The maximum absolute atomic E-state index is 10.0. The van der Waals surface area contributed by atoms with Crippen LogP contribution in [0.5, 0.6) is 0 Å². The lowest BCUT2D eigenvalue weighted by molar-refractivity contribution is 0.175. The summed E-state index contributed by atoms with van der Waals surface area (Å²) in [5, 5.41) is 16.9. The van der Waals surface area contributed by atoms with E-state index in [0.29, 0.717) is 6.42 Å². The van der Waals surface area contributed by atoms with E-state index in [1.54, 1.807) is 10.9 Å². The molecule has 0 fully saturated rings. The number of rotatable bonds is 3. The van der Waals surface area contributed by atoms with E-state index in [1.807, 2.05) is 19.4 Å². The van der Waals surface area contributed by atoms with Crippen molar-refractivity contribution in [3.8, 4) is 0 Å². The summed E-state index contributed by atoms with van der Waals surface area (Å²) in [6.07, 6.45) is 1.66. The van der Waals surface area contributed by atoms with E-state index < -0.39 is 6.10 Å². The molecule has 1 atom stereocenters. The Balaban J connectivity index is 2.21. The molecule has 86 valence electrons. The maximum Gasteiger partial charge on any atom is 0.122 e. The smallest absolute Gasteiger partial charge is 0.122 e. The van der Waals surface area contributed by atoms with Crippen LogP contribution in [0, 0.1) is 6.92 Å². The van der Waals surface area contributed by atoms with Crippen LogP contribution in [0.3, 0.4) is 0 Å². The average Bonchev–Trinajstić information content (AvgIpc) is 2.83. The topological polar surface area (TPSA) is 50.9 Å². The minimum Gasteiger partial charge on any atom is -0.386 e. The van der Waals surface area contributed by atoms with Crippen molar-refractivity contribution in [3.63, 3.8) is 0 Å². The zero-order valence-electron chi connectivity index (χ0n) is 9.01. The fraction of sp³-hybridized carbons (Fsp3) is 0.400. The van der Waals surface area contributed by atoms with Gasteiger partial charge in [-0.1, -0.05) is 0 Å². The molecule has 2 aromatic heterocycles. The second-order valence-electron chi connectivity index (χ2n) is 3.56. The van der Waals surface area contributed by atoms with Crippen LogP contribution in [0.2, 0.25) is 0 Å². The van der Waals surface area contributed by atoms with Gasteiger partial charge in [0.1, 0.15) is 11.1 Å². The van der Waals surface area contributed by atoms with Gasteiger partial charge in [0, 0.05) is 25.0 Å². The van der Waals surface area contributed by atoms with Gasteiger partial charge in [0.2, 0.25) is 0 Å². The van der Waals surface area contributed by atoms with Crippen LogP contribution in [0.15, 0.2) is 16.0 Å². The van der Waals surface area contributed by atoms with Crippen LogP contribution >= 0.6 is 27.3 Å². The molecule has 0 bridgehead atoms. The van der Waals surface area contributed by atoms with Crippen LogP contribution < -0.4 is 0 Å². The van der Waals surface area contributed by atoms with Gasteiger partial charge in [-0.25, -0.2) is 4.98 Å². The minimum absolute atomic E-state index is 0.519. The van der Waals surface area contributed by atoms with Crippen LogP contribution in [0.4, 0.5) is 0 Å². The van der Waals surface area contributed by atoms with Crippen LogP contribution in [-0.4, -0.2) is 19.9 Å². The van der Waals surface area contributed by atoms with Gasteiger partial charge in [0.05, 0.1) is 15.9 Å². The molecular formula is C10H12BrN3OS. The predicted molar refractivity (Wildman–Crippen MR) is 66.4 cm³/mol. The lowest BCUT2D eigenvalue weighted by Gasteiger charge is -2.08. The normalized spacial score (nSPS) is 13.0. The molecule has 0 radical (unpaired) electrons. The first-order chi connectivity index (χ1) is 7.59. The molecule has 0 saturated carbocycles. The predicted octanol–water partition coefficient (Wildman–Crippen LogP) is 2.22. The van der Waals surface area contributed by atoms with Crippen molar-refractivity contribution in [3.05, 3.63) is 32.4 Å². The van der Waals surface area contributed by atoms with Gasteiger partial charge in [-0.2, -0.15) is 5.10 Å². The SMILES string of the molecule is Cc1nn(C)c(CC(O)c2nccs2)c1Br. The summed E-state index contributed by atoms with van der Waals surface area (Å²) in [7, 11) is 1.88. The fourth-order valence-corrected chi connectivity index (χ4v) is 2.69. The summed E-state index contributed by atoms with van der Waals surface area (Å²) >= 11 is 4.94. The van der Waals surface area contributed by atoms with E-state index in [4.69, 9.17) is 0 Å². The highest BCUT2D eigenvalue weighted by atomic mass is 79.9. The summed E-state index contributed by atoms with van der Waals surface area (Å²) in [5.74, 6) is 0. The molecule has 6 heteroatoms.